The number of carbonyl (C=O) groups excluding carboxylic acids is 1. The molecule has 1 heterocycles. The van der Waals surface area contributed by atoms with Crippen LogP contribution in [0.15, 0.2) is 0 Å². The van der Waals surface area contributed by atoms with Gasteiger partial charge in [0.25, 0.3) is 0 Å². The number of nitrogens with zero attached hydrogens (tertiary/aromatic N) is 2. The lowest BCUT2D eigenvalue weighted by Gasteiger charge is -2.43. The molecule has 1 aliphatic rings. The minimum Gasteiger partial charge on any atom is -0.480 e. The van der Waals surface area contributed by atoms with Crippen LogP contribution >= 0.6 is 0 Å². The van der Waals surface area contributed by atoms with Gasteiger partial charge in [-0.2, -0.15) is 0 Å². The Hall–Kier alpha value is -1.30. The number of aliphatic hydroxyl groups is 1. The third kappa shape index (κ3) is 2.69. The number of likely N-dealkylation sites (tertiary alicyclic amines) is 1. The van der Waals surface area contributed by atoms with Crippen molar-refractivity contribution < 1.29 is 19.8 Å². The summed E-state index contributed by atoms with van der Waals surface area (Å²) in [6.07, 6.45) is 2.11. The minimum absolute atomic E-state index is 0.125. The quantitative estimate of drug-likeness (QED) is 0.751. The number of aliphatic hydroxyl groups excluding tert-OH is 1. The number of urea groups is 1. The van der Waals surface area contributed by atoms with Crippen LogP contribution in [0.5, 0.6) is 0 Å². The molecule has 6 nitrogen and oxygen atoms in total. The molecule has 1 atom stereocenters. The number of hydrogen-bond donors (Lipinski definition) is 2. The molecule has 1 saturated heterocycles. The molecule has 0 saturated carbocycles. The molecule has 0 spiro atoms. The normalized spacial score (nSPS) is 24.5. The molecule has 0 aromatic carbocycles. The number of aliphatic carboxylic acids is 1. The fourth-order valence-electron chi connectivity index (χ4n) is 2.10. The van der Waals surface area contributed by atoms with E-state index in [9.17, 15) is 14.7 Å². The number of piperidine rings is 1. The highest BCUT2D eigenvalue weighted by atomic mass is 16.4. The summed E-state index contributed by atoms with van der Waals surface area (Å²) in [5.41, 5.74) is -1.13. The van der Waals surface area contributed by atoms with Crippen molar-refractivity contribution in [2.75, 3.05) is 26.7 Å². The third-order valence-electron chi connectivity index (χ3n) is 3.34. The van der Waals surface area contributed by atoms with E-state index in [0.29, 0.717) is 13.0 Å². The molecule has 0 aromatic heterocycles. The second-order valence-electron chi connectivity index (χ2n) is 4.62. The Morgan fingerprint density at radius 3 is 2.59 bits per heavy atom. The van der Waals surface area contributed by atoms with Crippen molar-refractivity contribution in [2.24, 2.45) is 0 Å². The Morgan fingerprint density at radius 1 is 1.41 bits per heavy atom. The number of carboxylic acid groups (broad SMARTS) is 1. The van der Waals surface area contributed by atoms with Crippen LogP contribution in [0.1, 0.15) is 26.2 Å². The second kappa shape index (κ2) is 5.35. The van der Waals surface area contributed by atoms with Crippen LogP contribution in [0.4, 0.5) is 4.79 Å². The van der Waals surface area contributed by atoms with Gasteiger partial charge >= 0.3 is 12.0 Å². The minimum atomic E-state index is -1.13. The summed E-state index contributed by atoms with van der Waals surface area (Å²) < 4.78 is 0. The Morgan fingerprint density at radius 2 is 2.06 bits per heavy atom. The van der Waals surface area contributed by atoms with Gasteiger partial charge in [0.1, 0.15) is 5.54 Å². The topological polar surface area (TPSA) is 81.1 Å². The fourth-order valence-corrected chi connectivity index (χ4v) is 2.10. The lowest BCUT2D eigenvalue weighted by atomic mass is 9.89. The van der Waals surface area contributed by atoms with Crippen molar-refractivity contribution in [3.63, 3.8) is 0 Å². The van der Waals surface area contributed by atoms with E-state index in [1.807, 2.05) is 0 Å². The summed E-state index contributed by atoms with van der Waals surface area (Å²) >= 11 is 0. The summed E-state index contributed by atoms with van der Waals surface area (Å²) in [5.74, 6) is -0.969. The molecule has 6 heteroatoms. The Bertz CT molecular complexity index is 308. The number of carbonyl (C=O) groups is 2. The summed E-state index contributed by atoms with van der Waals surface area (Å²) in [7, 11) is 1.56. The van der Waals surface area contributed by atoms with Gasteiger partial charge in [0.15, 0.2) is 0 Å². The molecular weight excluding hydrogens is 224 g/mol. The molecule has 0 bridgehead atoms. The Labute approximate surface area is 101 Å². The van der Waals surface area contributed by atoms with Crippen molar-refractivity contribution in [3.8, 4) is 0 Å². The summed E-state index contributed by atoms with van der Waals surface area (Å²) in [4.78, 5) is 26.1. The van der Waals surface area contributed by atoms with Crippen LogP contribution < -0.4 is 0 Å². The van der Waals surface area contributed by atoms with Gasteiger partial charge in [-0.25, -0.2) is 9.59 Å². The number of rotatable bonds is 3. The highest BCUT2D eigenvalue weighted by Gasteiger charge is 2.44. The van der Waals surface area contributed by atoms with E-state index in [1.165, 1.54) is 9.80 Å². The monoisotopic (exact) mass is 244 g/mol. The van der Waals surface area contributed by atoms with E-state index in [-0.39, 0.29) is 19.2 Å². The van der Waals surface area contributed by atoms with Gasteiger partial charge in [0.05, 0.1) is 6.61 Å². The third-order valence-corrected chi connectivity index (χ3v) is 3.34. The first-order valence-corrected chi connectivity index (χ1v) is 5.80. The molecule has 17 heavy (non-hydrogen) atoms. The van der Waals surface area contributed by atoms with E-state index < -0.39 is 11.5 Å². The van der Waals surface area contributed by atoms with Crippen LogP contribution in [0, 0.1) is 0 Å². The van der Waals surface area contributed by atoms with E-state index >= 15 is 0 Å². The van der Waals surface area contributed by atoms with Crippen molar-refractivity contribution >= 4 is 12.0 Å². The maximum Gasteiger partial charge on any atom is 0.329 e. The SMILES string of the molecule is CN(CCO)C(=O)N1CCCCC1(C)C(=O)O. The second-order valence-corrected chi connectivity index (χ2v) is 4.62. The van der Waals surface area contributed by atoms with Crippen molar-refractivity contribution in [1.29, 1.82) is 0 Å². The van der Waals surface area contributed by atoms with Crippen LogP contribution in [0.2, 0.25) is 0 Å². The average molecular weight is 244 g/mol. The summed E-state index contributed by atoms with van der Waals surface area (Å²) in [5, 5.41) is 18.1. The molecule has 2 N–H and O–H groups in total. The van der Waals surface area contributed by atoms with Gasteiger partial charge < -0.3 is 20.0 Å². The number of carboxylic acids is 1. The van der Waals surface area contributed by atoms with Crippen LogP contribution in [-0.4, -0.2) is 64.3 Å². The molecule has 2 amide bonds. The van der Waals surface area contributed by atoms with Gasteiger partial charge in [-0.3, -0.25) is 0 Å². The number of likely N-dealkylation sites (N-methyl/N-ethyl adjacent to an activating group) is 1. The predicted molar refractivity (Wildman–Crippen MR) is 61.7 cm³/mol. The highest BCUT2D eigenvalue weighted by Crippen LogP contribution is 2.29. The van der Waals surface area contributed by atoms with Gasteiger partial charge in [-0.05, 0) is 26.2 Å². The van der Waals surface area contributed by atoms with Crippen molar-refractivity contribution in [2.45, 2.75) is 31.7 Å². The largest absolute Gasteiger partial charge is 0.480 e. The maximum absolute atomic E-state index is 12.1. The molecule has 1 rings (SSSR count). The zero-order valence-corrected chi connectivity index (χ0v) is 10.3. The van der Waals surface area contributed by atoms with Crippen molar-refractivity contribution in [1.82, 2.24) is 9.80 Å². The van der Waals surface area contributed by atoms with Gasteiger partial charge in [0.2, 0.25) is 0 Å². The lowest BCUT2D eigenvalue weighted by Crippen LogP contribution is -2.60. The molecular formula is C11H20N2O4. The van der Waals surface area contributed by atoms with E-state index in [0.717, 1.165) is 12.8 Å². The number of hydrogen-bond acceptors (Lipinski definition) is 3. The molecule has 0 radical (unpaired) electrons. The van der Waals surface area contributed by atoms with E-state index in [1.54, 1.807) is 14.0 Å². The van der Waals surface area contributed by atoms with Gasteiger partial charge in [-0.1, -0.05) is 0 Å². The first-order chi connectivity index (χ1) is 7.93. The molecule has 1 unspecified atom stereocenters. The zero-order valence-electron chi connectivity index (χ0n) is 10.3. The summed E-state index contributed by atoms with van der Waals surface area (Å²) in [6.45, 7) is 2.13. The van der Waals surface area contributed by atoms with Crippen LogP contribution in [0.25, 0.3) is 0 Å². The Kier molecular flexibility index (Phi) is 4.34. The first-order valence-electron chi connectivity index (χ1n) is 5.80. The van der Waals surface area contributed by atoms with E-state index in [4.69, 9.17) is 5.11 Å². The van der Waals surface area contributed by atoms with Gasteiger partial charge in [-0.15, -0.1) is 0 Å². The number of amides is 2. The smallest absolute Gasteiger partial charge is 0.329 e. The van der Waals surface area contributed by atoms with E-state index in [2.05, 4.69) is 0 Å². The lowest BCUT2D eigenvalue weighted by molar-refractivity contribution is -0.150. The predicted octanol–water partition coefficient (Wildman–Crippen LogP) is 0.360. The first kappa shape index (κ1) is 13.8. The maximum atomic E-state index is 12.1. The highest BCUT2D eigenvalue weighted by molar-refractivity contribution is 5.86. The fraction of sp³-hybridized carbons (Fsp3) is 0.818. The molecule has 1 fully saturated rings. The molecule has 98 valence electrons. The van der Waals surface area contributed by atoms with Crippen molar-refractivity contribution in [3.05, 3.63) is 0 Å². The summed E-state index contributed by atoms with van der Waals surface area (Å²) in [6, 6.07) is -0.330. The van der Waals surface area contributed by atoms with Gasteiger partial charge in [0, 0.05) is 20.1 Å². The zero-order chi connectivity index (χ0) is 13.1. The van der Waals surface area contributed by atoms with Crippen LogP contribution in [0.3, 0.4) is 0 Å². The Balaban J connectivity index is 2.85. The molecule has 0 aromatic rings. The van der Waals surface area contributed by atoms with Crippen LogP contribution in [-0.2, 0) is 4.79 Å². The molecule has 0 aliphatic carbocycles. The molecule has 1 aliphatic heterocycles. The average Bonchev–Trinajstić information content (AvgIpc) is 2.29. The standard InChI is InChI=1S/C11H20N2O4/c1-11(9(15)16)5-3-4-6-13(11)10(17)12(2)7-8-14/h14H,3-8H2,1-2H3,(H,15,16).